The molecule has 1 N–H and O–H groups in total. The van der Waals surface area contributed by atoms with Crippen molar-refractivity contribution in [3.05, 3.63) is 39.9 Å². The van der Waals surface area contributed by atoms with Crippen molar-refractivity contribution in [3.8, 4) is 0 Å². The van der Waals surface area contributed by atoms with Gasteiger partial charge in [-0.2, -0.15) is 0 Å². The largest absolute Gasteiger partial charge is 0.374 e. The van der Waals surface area contributed by atoms with E-state index in [0.717, 1.165) is 18.7 Å². The first-order valence-corrected chi connectivity index (χ1v) is 6.34. The fraction of sp³-hybridized carbons (Fsp3) is 0.538. The van der Waals surface area contributed by atoms with Gasteiger partial charge < -0.3 is 10.1 Å². The molecule has 1 fully saturated rings. The molecule has 0 spiro atoms. The summed E-state index contributed by atoms with van der Waals surface area (Å²) in [5.74, 6) is 0. The lowest BCUT2D eigenvalue weighted by molar-refractivity contribution is -0.385. The maximum atomic E-state index is 10.9. The van der Waals surface area contributed by atoms with Gasteiger partial charge in [-0.25, -0.2) is 0 Å². The predicted molar refractivity (Wildman–Crippen MR) is 72.1 cm³/mol. The van der Waals surface area contributed by atoms with Crippen LogP contribution in [0.1, 0.15) is 11.6 Å². The molecule has 2 rings (SSSR count). The highest BCUT2D eigenvalue weighted by molar-refractivity contribution is 5.36. The summed E-state index contributed by atoms with van der Waals surface area (Å²) in [4.78, 5) is 12.7. The minimum atomic E-state index is -0.361. The van der Waals surface area contributed by atoms with Crippen molar-refractivity contribution >= 4 is 5.69 Å². The second-order valence-corrected chi connectivity index (χ2v) is 4.74. The standard InChI is InChI=1S/C13H19N3O3/c1-14-9-12-13(15(2)6-7-19-12)10-4-3-5-11(8-10)16(17)18/h3-5,8,12-14H,6-7,9H2,1-2H3. The minimum Gasteiger partial charge on any atom is -0.374 e. The van der Waals surface area contributed by atoms with Crippen LogP contribution in [0.25, 0.3) is 0 Å². The van der Waals surface area contributed by atoms with Crippen LogP contribution in [0.4, 0.5) is 5.69 Å². The molecule has 0 amide bonds. The van der Waals surface area contributed by atoms with Crippen LogP contribution in [-0.4, -0.2) is 49.7 Å². The number of hydrogen-bond donors (Lipinski definition) is 1. The van der Waals surface area contributed by atoms with Gasteiger partial charge in [0.1, 0.15) is 0 Å². The van der Waals surface area contributed by atoms with Crippen molar-refractivity contribution in [3.63, 3.8) is 0 Å². The summed E-state index contributed by atoms with van der Waals surface area (Å²) < 4.78 is 5.78. The molecule has 2 unspecified atom stereocenters. The lowest BCUT2D eigenvalue weighted by Crippen LogP contribution is -2.46. The Morgan fingerprint density at radius 2 is 2.37 bits per heavy atom. The van der Waals surface area contributed by atoms with Crippen LogP contribution in [0, 0.1) is 10.1 Å². The lowest BCUT2D eigenvalue weighted by atomic mass is 9.98. The number of nitro groups is 1. The number of likely N-dealkylation sites (N-methyl/N-ethyl adjacent to an activating group) is 2. The molecule has 0 radical (unpaired) electrons. The van der Waals surface area contributed by atoms with Gasteiger partial charge in [-0.15, -0.1) is 0 Å². The number of rotatable bonds is 4. The number of hydrogen-bond acceptors (Lipinski definition) is 5. The van der Waals surface area contributed by atoms with Crippen molar-refractivity contribution in [2.75, 3.05) is 33.8 Å². The van der Waals surface area contributed by atoms with E-state index in [4.69, 9.17) is 4.74 Å². The van der Waals surface area contributed by atoms with Crippen molar-refractivity contribution in [1.82, 2.24) is 10.2 Å². The highest BCUT2D eigenvalue weighted by atomic mass is 16.6. The Morgan fingerprint density at radius 3 is 3.05 bits per heavy atom. The van der Waals surface area contributed by atoms with Gasteiger partial charge in [-0.3, -0.25) is 15.0 Å². The fourth-order valence-electron chi connectivity index (χ4n) is 2.53. The number of morpholine rings is 1. The average molecular weight is 265 g/mol. The number of nitro benzene ring substituents is 1. The SMILES string of the molecule is CNCC1OCCN(C)C1c1cccc([N+](=O)[O-])c1. The molecule has 0 bridgehead atoms. The van der Waals surface area contributed by atoms with E-state index in [1.54, 1.807) is 12.1 Å². The van der Waals surface area contributed by atoms with Gasteiger partial charge in [0.25, 0.3) is 5.69 Å². The van der Waals surface area contributed by atoms with Crippen LogP contribution < -0.4 is 5.32 Å². The van der Waals surface area contributed by atoms with Crippen LogP contribution in [0.2, 0.25) is 0 Å². The van der Waals surface area contributed by atoms with E-state index in [0.29, 0.717) is 6.61 Å². The van der Waals surface area contributed by atoms with E-state index in [1.807, 2.05) is 20.2 Å². The number of nitrogens with zero attached hydrogens (tertiary/aromatic N) is 2. The van der Waals surface area contributed by atoms with E-state index in [9.17, 15) is 10.1 Å². The zero-order chi connectivity index (χ0) is 13.8. The Hall–Kier alpha value is -1.50. The average Bonchev–Trinajstić information content (AvgIpc) is 2.39. The molecule has 0 aliphatic carbocycles. The van der Waals surface area contributed by atoms with Crippen LogP contribution in [0.5, 0.6) is 0 Å². The molecule has 1 saturated heterocycles. The molecule has 1 aliphatic heterocycles. The number of benzene rings is 1. The summed E-state index contributed by atoms with van der Waals surface area (Å²) in [6, 6.07) is 6.84. The van der Waals surface area contributed by atoms with Crippen molar-refractivity contribution in [1.29, 1.82) is 0 Å². The maximum absolute atomic E-state index is 10.9. The Kier molecular flexibility index (Phi) is 4.47. The van der Waals surface area contributed by atoms with Gasteiger partial charge in [0.15, 0.2) is 0 Å². The number of ether oxygens (including phenoxy) is 1. The van der Waals surface area contributed by atoms with Crippen LogP contribution in [-0.2, 0) is 4.74 Å². The first kappa shape index (κ1) is 13.9. The Balaban J connectivity index is 2.29. The first-order chi connectivity index (χ1) is 9.13. The molecule has 0 aromatic heterocycles. The van der Waals surface area contributed by atoms with Gasteiger partial charge >= 0.3 is 0 Å². The third kappa shape index (κ3) is 3.09. The quantitative estimate of drug-likeness (QED) is 0.654. The zero-order valence-corrected chi connectivity index (χ0v) is 11.2. The van der Waals surface area contributed by atoms with Gasteiger partial charge in [0.05, 0.1) is 23.7 Å². The predicted octanol–water partition coefficient (Wildman–Crippen LogP) is 1.19. The molecule has 1 aromatic rings. The van der Waals surface area contributed by atoms with Crippen molar-refractivity contribution in [2.45, 2.75) is 12.1 Å². The molecule has 19 heavy (non-hydrogen) atoms. The van der Waals surface area contributed by atoms with Crippen LogP contribution in [0.15, 0.2) is 24.3 Å². The Labute approximate surface area is 112 Å². The van der Waals surface area contributed by atoms with Gasteiger partial charge in [-0.05, 0) is 19.7 Å². The molecule has 2 atom stereocenters. The molecule has 1 heterocycles. The fourth-order valence-corrected chi connectivity index (χ4v) is 2.53. The summed E-state index contributed by atoms with van der Waals surface area (Å²) in [5, 5.41) is 14.0. The summed E-state index contributed by atoms with van der Waals surface area (Å²) in [6.45, 7) is 2.24. The third-order valence-electron chi connectivity index (χ3n) is 3.43. The zero-order valence-electron chi connectivity index (χ0n) is 11.2. The van der Waals surface area contributed by atoms with Gasteiger partial charge in [0, 0.05) is 25.2 Å². The normalized spacial score (nSPS) is 24.3. The van der Waals surface area contributed by atoms with Crippen molar-refractivity contribution in [2.24, 2.45) is 0 Å². The summed E-state index contributed by atoms with van der Waals surface area (Å²) >= 11 is 0. The van der Waals surface area contributed by atoms with Gasteiger partial charge in [-0.1, -0.05) is 12.1 Å². The number of nitrogens with one attached hydrogen (secondary N) is 1. The topological polar surface area (TPSA) is 67.6 Å². The summed E-state index contributed by atoms with van der Waals surface area (Å²) in [7, 11) is 3.90. The molecule has 104 valence electrons. The van der Waals surface area contributed by atoms with Crippen LogP contribution in [0.3, 0.4) is 0 Å². The highest BCUT2D eigenvalue weighted by Gasteiger charge is 2.31. The first-order valence-electron chi connectivity index (χ1n) is 6.34. The van der Waals surface area contributed by atoms with E-state index in [-0.39, 0.29) is 22.8 Å². The number of non-ortho nitro benzene ring substituents is 1. The Morgan fingerprint density at radius 1 is 1.58 bits per heavy atom. The summed E-state index contributed by atoms with van der Waals surface area (Å²) in [6.07, 6.45) is 0.00533. The second kappa shape index (κ2) is 6.10. The summed E-state index contributed by atoms with van der Waals surface area (Å²) in [5.41, 5.74) is 1.05. The second-order valence-electron chi connectivity index (χ2n) is 4.74. The van der Waals surface area contributed by atoms with Crippen LogP contribution >= 0.6 is 0 Å². The highest BCUT2D eigenvalue weighted by Crippen LogP contribution is 2.30. The lowest BCUT2D eigenvalue weighted by Gasteiger charge is -2.39. The molecule has 0 saturated carbocycles. The molecule has 6 heteroatoms. The van der Waals surface area contributed by atoms with E-state index < -0.39 is 0 Å². The monoisotopic (exact) mass is 265 g/mol. The smallest absolute Gasteiger partial charge is 0.269 e. The molecule has 6 nitrogen and oxygen atoms in total. The minimum absolute atomic E-state index is 0.00533. The van der Waals surface area contributed by atoms with E-state index in [1.165, 1.54) is 6.07 Å². The van der Waals surface area contributed by atoms with E-state index in [2.05, 4.69) is 10.2 Å². The molecular weight excluding hydrogens is 246 g/mol. The third-order valence-corrected chi connectivity index (χ3v) is 3.43. The molecule has 1 aliphatic rings. The van der Waals surface area contributed by atoms with Crippen molar-refractivity contribution < 1.29 is 9.66 Å². The maximum Gasteiger partial charge on any atom is 0.269 e. The molecule has 1 aromatic carbocycles. The van der Waals surface area contributed by atoms with E-state index >= 15 is 0 Å². The Bertz CT molecular complexity index is 451. The molecular formula is C13H19N3O3. The van der Waals surface area contributed by atoms with Gasteiger partial charge in [0.2, 0.25) is 0 Å².